The molecule has 334 valence electrons. The number of methoxy groups -OCH3 is 1. The fraction of sp³-hybridized carbons (Fsp3) is 0.521. The smallest absolute Gasteiger partial charge is 0.293 e. The maximum Gasteiger partial charge on any atom is 0.293 e. The predicted octanol–water partition coefficient (Wildman–Crippen LogP) is 5.62. The van der Waals surface area contributed by atoms with Gasteiger partial charge >= 0.3 is 0 Å². The standard InChI is InChI=1S/C48H65N7O7/c1-9-54-41-13-12-33(24-37(41)38(25-48(5,6)28-62-29-56)44(54)39-26-49-17-15-34(39)27-61-8)35-20-32(21-36(57)23-35)22-40(46(59)55-19-11-10-16-51-55)52-45(58)43(30(2)3)53(7)47(60)42-31(4)14-18-50-42/h12-13,15,17,20-21,23-24,26,29-31,40,42-43,50-51,57H,9-11,14,16,18-19,22,25,27-28H2,1-8H3,(H,52,58)/t31-,40-,42+,43-/m0/s1. The van der Waals surface area contributed by atoms with Gasteiger partial charge in [-0.3, -0.25) is 29.2 Å². The molecule has 4 atom stereocenters. The van der Waals surface area contributed by atoms with Gasteiger partial charge in [0.25, 0.3) is 12.4 Å². The average molecular weight is 852 g/mol. The fourth-order valence-electron chi connectivity index (χ4n) is 9.29. The molecule has 2 aliphatic rings. The number of aryl methyl sites for hydroxylation is 1. The highest BCUT2D eigenvalue weighted by atomic mass is 16.5. The van der Waals surface area contributed by atoms with Crippen LogP contribution in [-0.4, -0.2) is 107 Å². The van der Waals surface area contributed by atoms with E-state index in [2.05, 4.69) is 58.5 Å². The van der Waals surface area contributed by atoms with E-state index in [1.807, 2.05) is 45.2 Å². The SMILES string of the molecule is CCn1c(-c2cnccc2COC)c(CC(C)(C)COC=O)c2cc(-c3cc(O)cc(C[C@H](NC(=O)[C@H](C(C)C)N(C)C(=O)[C@@H]4NCC[C@@H]4C)C(=O)N4CCCCN4)c3)ccc21. The maximum atomic E-state index is 14.3. The van der Waals surface area contributed by atoms with Crippen LogP contribution in [-0.2, 0) is 54.6 Å². The number of rotatable bonds is 18. The lowest BCUT2D eigenvalue weighted by molar-refractivity contribution is -0.145. The monoisotopic (exact) mass is 851 g/mol. The van der Waals surface area contributed by atoms with E-state index in [0.29, 0.717) is 44.7 Å². The van der Waals surface area contributed by atoms with Crippen LogP contribution in [0.1, 0.15) is 77.5 Å². The number of hydrogen-bond acceptors (Lipinski definition) is 10. The van der Waals surface area contributed by atoms with Crippen molar-refractivity contribution in [3.05, 3.63) is 71.5 Å². The maximum absolute atomic E-state index is 14.3. The van der Waals surface area contributed by atoms with Gasteiger partial charge in [-0.15, -0.1) is 0 Å². The van der Waals surface area contributed by atoms with Gasteiger partial charge in [-0.05, 0) is 109 Å². The van der Waals surface area contributed by atoms with Gasteiger partial charge in [0.1, 0.15) is 17.8 Å². The Balaban J connectivity index is 1.39. The van der Waals surface area contributed by atoms with Crippen LogP contribution in [0.2, 0.25) is 0 Å². The normalized spacial score (nSPS) is 17.9. The van der Waals surface area contributed by atoms with Crippen molar-refractivity contribution in [1.82, 2.24) is 35.5 Å². The summed E-state index contributed by atoms with van der Waals surface area (Å²) in [6.45, 7) is 15.8. The first-order valence-corrected chi connectivity index (χ1v) is 22.0. The van der Waals surface area contributed by atoms with Crippen molar-refractivity contribution in [1.29, 1.82) is 0 Å². The van der Waals surface area contributed by atoms with E-state index in [1.165, 1.54) is 4.90 Å². The summed E-state index contributed by atoms with van der Waals surface area (Å²) in [4.78, 5) is 59.6. The van der Waals surface area contributed by atoms with E-state index in [0.717, 1.165) is 70.2 Å². The number of pyridine rings is 1. The largest absolute Gasteiger partial charge is 0.508 e. The Kier molecular flexibility index (Phi) is 15.1. The first-order valence-electron chi connectivity index (χ1n) is 22.0. The second kappa shape index (κ2) is 20.3. The van der Waals surface area contributed by atoms with Crippen molar-refractivity contribution >= 4 is 35.1 Å². The number of aromatic nitrogens is 2. The van der Waals surface area contributed by atoms with E-state index in [1.54, 1.807) is 37.5 Å². The molecule has 0 unspecified atom stereocenters. The van der Waals surface area contributed by atoms with Crippen LogP contribution in [0, 0.1) is 17.3 Å². The van der Waals surface area contributed by atoms with E-state index in [-0.39, 0.29) is 48.5 Å². The number of nitrogens with one attached hydrogen (secondary N) is 3. The number of carbonyl (C=O) groups is 4. The second-order valence-electron chi connectivity index (χ2n) is 18.1. The summed E-state index contributed by atoms with van der Waals surface area (Å²) >= 11 is 0. The van der Waals surface area contributed by atoms with Crippen LogP contribution in [0.25, 0.3) is 33.3 Å². The Labute approximate surface area is 365 Å². The summed E-state index contributed by atoms with van der Waals surface area (Å²) in [5, 5.41) is 20.2. The topological polar surface area (TPSA) is 167 Å². The second-order valence-corrected chi connectivity index (χ2v) is 18.1. The van der Waals surface area contributed by atoms with Crippen molar-refractivity contribution in [3.8, 4) is 28.1 Å². The highest BCUT2D eigenvalue weighted by Gasteiger charge is 2.39. The molecule has 2 aromatic carbocycles. The van der Waals surface area contributed by atoms with Gasteiger partial charge in [-0.25, -0.2) is 5.43 Å². The van der Waals surface area contributed by atoms with E-state index >= 15 is 0 Å². The number of fused-ring (bicyclic) bond motifs is 1. The zero-order valence-corrected chi connectivity index (χ0v) is 37.6. The molecule has 62 heavy (non-hydrogen) atoms. The highest BCUT2D eigenvalue weighted by Crippen LogP contribution is 2.41. The quantitative estimate of drug-likeness (QED) is 0.0924. The van der Waals surface area contributed by atoms with Crippen molar-refractivity contribution in [2.45, 2.75) is 105 Å². The Hall–Kier alpha value is -5.31. The number of benzene rings is 2. The highest BCUT2D eigenvalue weighted by molar-refractivity contribution is 5.96. The average Bonchev–Trinajstić information content (AvgIpc) is 3.81. The van der Waals surface area contributed by atoms with Gasteiger partial charge in [0, 0.05) is 74.5 Å². The predicted molar refractivity (Wildman–Crippen MR) is 240 cm³/mol. The number of nitrogens with zero attached hydrogens (tertiary/aromatic N) is 4. The van der Waals surface area contributed by atoms with Gasteiger partial charge in [0.05, 0.1) is 24.9 Å². The third-order valence-corrected chi connectivity index (χ3v) is 12.4. The van der Waals surface area contributed by atoms with Gasteiger partial charge in [0.15, 0.2) is 0 Å². The molecule has 0 bridgehead atoms. The van der Waals surface area contributed by atoms with Gasteiger partial charge in [-0.2, -0.15) is 0 Å². The van der Waals surface area contributed by atoms with Crippen molar-refractivity contribution in [3.63, 3.8) is 0 Å². The van der Waals surface area contributed by atoms with Gasteiger partial charge < -0.3 is 34.7 Å². The molecule has 2 aliphatic heterocycles. The number of amides is 3. The molecule has 0 aliphatic carbocycles. The van der Waals surface area contributed by atoms with E-state index in [4.69, 9.17) is 9.47 Å². The molecule has 14 nitrogen and oxygen atoms in total. The number of carbonyl (C=O) groups excluding carboxylic acids is 4. The third-order valence-electron chi connectivity index (χ3n) is 12.4. The fourth-order valence-corrected chi connectivity index (χ4v) is 9.29. The Bertz CT molecular complexity index is 2230. The van der Waals surface area contributed by atoms with Crippen LogP contribution in [0.4, 0.5) is 0 Å². The summed E-state index contributed by atoms with van der Waals surface area (Å²) in [5.41, 5.74) is 10.1. The first-order chi connectivity index (χ1) is 29.7. The molecule has 4 N–H and O–H groups in total. The summed E-state index contributed by atoms with van der Waals surface area (Å²) in [6.07, 6.45) is 6.97. The van der Waals surface area contributed by atoms with Crippen LogP contribution in [0.3, 0.4) is 0 Å². The van der Waals surface area contributed by atoms with Crippen molar-refractivity contribution < 1.29 is 33.8 Å². The molecule has 2 fully saturated rings. The molecule has 14 heteroatoms. The lowest BCUT2D eigenvalue weighted by atomic mass is 9.84. The molecular weight excluding hydrogens is 787 g/mol. The van der Waals surface area contributed by atoms with Crippen LogP contribution in [0.5, 0.6) is 5.75 Å². The molecule has 0 radical (unpaired) electrons. The summed E-state index contributed by atoms with van der Waals surface area (Å²) in [7, 11) is 3.34. The Morgan fingerprint density at radius 2 is 1.89 bits per heavy atom. The number of phenols is 1. The van der Waals surface area contributed by atoms with Crippen LogP contribution >= 0.6 is 0 Å². The van der Waals surface area contributed by atoms with Crippen molar-refractivity contribution in [2.75, 3.05) is 40.4 Å². The molecule has 4 heterocycles. The summed E-state index contributed by atoms with van der Waals surface area (Å²) in [5.74, 6) is -0.894. The minimum absolute atomic E-state index is 0.0218. The number of phenolic OH excluding ortho intramolecular Hbond substituents is 1. The van der Waals surface area contributed by atoms with Gasteiger partial charge in [-0.1, -0.05) is 46.8 Å². The van der Waals surface area contributed by atoms with Crippen LogP contribution in [0.15, 0.2) is 54.9 Å². The lowest BCUT2D eigenvalue weighted by Gasteiger charge is -2.35. The number of ether oxygens (including phenoxy) is 2. The zero-order valence-electron chi connectivity index (χ0n) is 37.6. The Morgan fingerprint density at radius 3 is 2.55 bits per heavy atom. The van der Waals surface area contributed by atoms with E-state index < -0.39 is 23.4 Å². The van der Waals surface area contributed by atoms with Crippen molar-refractivity contribution in [2.24, 2.45) is 17.3 Å². The zero-order chi connectivity index (χ0) is 44.7. The molecule has 2 saturated heterocycles. The Morgan fingerprint density at radius 1 is 1.10 bits per heavy atom. The summed E-state index contributed by atoms with van der Waals surface area (Å²) < 4.78 is 13.2. The molecule has 3 amide bonds. The summed E-state index contributed by atoms with van der Waals surface area (Å²) in [6, 6.07) is 11.3. The minimum atomic E-state index is -0.983. The molecule has 0 saturated carbocycles. The molecular formula is C48H65N7O7. The van der Waals surface area contributed by atoms with E-state index in [9.17, 15) is 24.3 Å². The first kappa shape index (κ1) is 46.2. The molecule has 6 rings (SSSR count). The van der Waals surface area contributed by atoms with Gasteiger partial charge in [0.2, 0.25) is 11.8 Å². The number of likely N-dealkylation sites (N-methyl/N-ethyl adjacent to an activating group) is 1. The lowest BCUT2D eigenvalue weighted by Crippen LogP contribution is -2.60. The number of hydrazine groups is 1. The minimum Gasteiger partial charge on any atom is -0.508 e. The number of hydrogen-bond donors (Lipinski definition) is 4. The molecule has 4 aromatic rings. The molecule has 0 spiro atoms. The molecule has 2 aromatic heterocycles. The third kappa shape index (κ3) is 10.3. The van der Waals surface area contributed by atoms with Crippen LogP contribution < -0.4 is 16.1 Å². The number of aromatic hydroxyl groups is 1.